The maximum atomic E-state index is 13.8. The number of esters is 1. The Morgan fingerprint density at radius 1 is 1.53 bits per heavy atom. The fraction of sp³-hybridized carbons (Fsp3) is 0.231. The summed E-state index contributed by atoms with van der Waals surface area (Å²) in [5, 5.41) is 0.472. The molecule has 2 rings (SSSR count). The highest BCUT2D eigenvalue weighted by Crippen LogP contribution is 2.31. The summed E-state index contributed by atoms with van der Waals surface area (Å²) in [5.74, 6) is -0.842. The van der Waals surface area contributed by atoms with Crippen LogP contribution in [0.4, 0.5) is 4.39 Å². The molecule has 1 aromatic heterocycles. The first-order valence-corrected chi connectivity index (χ1v) is 7.23. The third kappa shape index (κ3) is 3.01. The Hall–Kier alpha value is -1.27. The van der Waals surface area contributed by atoms with Gasteiger partial charge in [-0.05, 0) is 32.0 Å². The molecule has 0 N–H and O–H groups in total. The number of nitrogens with zero attached hydrogens (tertiary/aromatic N) is 1. The number of aryl methyl sites for hydroxylation is 1. The molecule has 0 aliphatic heterocycles. The van der Waals surface area contributed by atoms with Gasteiger partial charge in [0, 0.05) is 14.9 Å². The van der Waals surface area contributed by atoms with Crippen LogP contribution in [0.2, 0.25) is 0 Å². The van der Waals surface area contributed by atoms with Gasteiger partial charge in [-0.2, -0.15) is 0 Å². The van der Waals surface area contributed by atoms with E-state index in [2.05, 4.69) is 20.9 Å². The Balaban J connectivity index is 2.44. The Labute approximate surface area is 122 Å². The Morgan fingerprint density at radius 3 is 2.95 bits per heavy atom. The molecule has 100 valence electrons. The molecular weight excluding hydrogens is 333 g/mol. The van der Waals surface area contributed by atoms with Gasteiger partial charge in [-0.25, -0.2) is 14.2 Å². The minimum atomic E-state index is -0.474. The molecule has 0 aliphatic carbocycles. The maximum Gasteiger partial charge on any atom is 0.358 e. The first-order valence-electron chi connectivity index (χ1n) is 5.63. The molecule has 1 heterocycles. The smallest absolute Gasteiger partial charge is 0.358 e. The molecule has 0 amide bonds. The van der Waals surface area contributed by atoms with Crippen LogP contribution in [0.15, 0.2) is 22.7 Å². The number of carbonyl (C=O) groups excluding carboxylic acids is 1. The number of carbonyl (C=O) groups is 1. The van der Waals surface area contributed by atoms with E-state index in [1.165, 1.54) is 17.4 Å². The lowest BCUT2D eigenvalue weighted by Crippen LogP contribution is -2.06. The molecule has 6 heteroatoms. The number of benzene rings is 1. The Bertz CT molecular complexity index is 627. The predicted molar refractivity (Wildman–Crippen MR) is 75.9 cm³/mol. The van der Waals surface area contributed by atoms with Crippen molar-refractivity contribution in [2.45, 2.75) is 13.8 Å². The van der Waals surface area contributed by atoms with Gasteiger partial charge in [-0.15, -0.1) is 11.3 Å². The molecule has 19 heavy (non-hydrogen) atoms. The summed E-state index contributed by atoms with van der Waals surface area (Å²) in [5.41, 5.74) is 0.624. The monoisotopic (exact) mass is 343 g/mol. The topological polar surface area (TPSA) is 39.2 Å². The lowest BCUT2D eigenvalue weighted by Gasteiger charge is -2.00. The zero-order chi connectivity index (χ0) is 14.0. The lowest BCUT2D eigenvalue weighted by molar-refractivity contribution is 0.0519. The van der Waals surface area contributed by atoms with Crippen LogP contribution in [0.5, 0.6) is 0 Å². The van der Waals surface area contributed by atoms with Crippen LogP contribution < -0.4 is 0 Å². The fourth-order valence-corrected chi connectivity index (χ4v) is 2.84. The van der Waals surface area contributed by atoms with Gasteiger partial charge in [0.05, 0.1) is 6.61 Å². The van der Waals surface area contributed by atoms with E-state index in [1.54, 1.807) is 26.0 Å². The standard InChI is InChI=1S/C13H11BrFNO2S/c1-3-18-13(17)11-7(2)19-12(16-11)9-6-8(14)4-5-10(9)15/h4-6H,3H2,1-2H3. The van der Waals surface area contributed by atoms with E-state index in [-0.39, 0.29) is 18.1 Å². The first kappa shape index (κ1) is 14.1. The van der Waals surface area contributed by atoms with Crippen LogP contribution in [0, 0.1) is 12.7 Å². The largest absolute Gasteiger partial charge is 0.461 e. The summed E-state index contributed by atoms with van der Waals surface area (Å²) in [6.45, 7) is 3.79. The van der Waals surface area contributed by atoms with Gasteiger partial charge in [0.2, 0.25) is 0 Å². The van der Waals surface area contributed by atoms with Crippen LogP contribution in [0.1, 0.15) is 22.3 Å². The highest BCUT2D eigenvalue weighted by molar-refractivity contribution is 9.10. The van der Waals surface area contributed by atoms with Crippen LogP contribution in [-0.4, -0.2) is 17.6 Å². The highest BCUT2D eigenvalue weighted by Gasteiger charge is 2.19. The van der Waals surface area contributed by atoms with Gasteiger partial charge in [0.25, 0.3) is 0 Å². The molecule has 0 unspecified atom stereocenters. The van der Waals surface area contributed by atoms with Gasteiger partial charge < -0.3 is 4.74 Å². The summed E-state index contributed by atoms with van der Waals surface area (Å²) >= 11 is 4.56. The van der Waals surface area contributed by atoms with Crippen molar-refractivity contribution < 1.29 is 13.9 Å². The summed E-state index contributed by atoms with van der Waals surface area (Å²) in [6.07, 6.45) is 0. The minimum Gasteiger partial charge on any atom is -0.461 e. The third-order valence-corrected chi connectivity index (χ3v) is 3.92. The zero-order valence-corrected chi connectivity index (χ0v) is 12.8. The quantitative estimate of drug-likeness (QED) is 0.784. The first-order chi connectivity index (χ1) is 9.02. The normalized spacial score (nSPS) is 10.5. The second-order valence-electron chi connectivity index (χ2n) is 3.77. The molecule has 0 aliphatic rings. The second-order valence-corrected chi connectivity index (χ2v) is 5.89. The van der Waals surface area contributed by atoms with Crippen molar-refractivity contribution in [1.29, 1.82) is 0 Å². The van der Waals surface area contributed by atoms with Gasteiger partial charge >= 0.3 is 5.97 Å². The van der Waals surface area contributed by atoms with Gasteiger partial charge in [0.15, 0.2) is 5.69 Å². The van der Waals surface area contributed by atoms with Crippen molar-refractivity contribution >= 4 is 33.2 Å². The van der Waals surface area contributed by atoms with Crippen molar-refractivity contribution in [2.75, 3.05) is 6.61 Å². The van der Waals surface area contributed by atoms with Crippen molar-refractivity contribution in [2.24, 2.45) is 0 Å². The van der Waals surface area contributed by atoms with Crippen LogP contribution in [-0.2, 0) is 4.74 Å². The molecule has 0 saturated heterocycles. The van der Waals surface area contributed by atoms with E-state index >= 15 is 0 Å². The average Bonchev–Trinajstić information content (AvgIpc) is 2.74. The van der Waals surface area contributed by atoms with E-state index in [4.69, 9.17) is 4.74 Å². The summed E-state index contributed by atoms with van der Waals surface area (Å²) < 4.78 is 19.4. The van der Waals surface area contributed by atoms with E-state index < -0.39 is 5.97 Å². The average molecular weight is 344 g/mol. The molecule has 2 aromatic rings. The Kier molecular flexibility index (Phi) is 4.31. The van der Waals surface area contributed by atoms with Crippen molar-refractivity contribution in [3.8, 4) is 10.6 Å². The minimum absolute atomic E-state index is 0.251. The summed E-state index contributed by atoms with van der Waals surface area (Å²) in [7, 11) is 0. The number of halogens is 2. The lowest BCUT2D eigenvalue weighted by atomic mass is 10.2. The summed E-state index contributed by atoms with van der Waals surface area (Å²) in [6, 6.07) is 4.62. The van der Waals surface area contributed by atoms with E-state index in [0.717, 1.165) is 4.47 Å². The van der Waals surface area contributed by atoms with Gasteiger partial charge in [0.1, 0.15) is 10.8 Å². The molecule has 0 spiro atoms. The number of aromatic nitrogens is 1. The molecule has 0 fully saturated rings. The summed E-state index contributed by atoms with van der Waals surface area (Å²) in [4.78, 5) is 16.6. The zero-order valence-electron chi connectivity index (χ0n) is 10.4. The molecule has 0 radical (unpaired) electrons. The van der Waals surface area contributed by atoms with Gasteiger partial charge in [-0.3, -0.25) is 0 Å². The molecule has 1 aromatic carbocycles. The maximum absolute atomic E-state index is 13.8. The molecular formula is C13H11BrFNO2S. The number of hydrogen-bond acceptors (Lipinski definition) is 4. The highest BCUT2D eigenvalue weighted by atomic mass is 79.9. The third-order valence-electron chi connectivity index (χ3n) is 2.42. The van der Waals surface area contributed by atoms with Crippen LogP contribution in [0.25, 0.3) is 10.6 Å². The molecule has 0 atom stereocenters. The van der Waals surface area contributed by atoms with Crippen LogP contribution in [0.3, 0.4) is 0 Å². The van der Waals surface area contributed by atoms with Crippen molar-refractivity contribution in [3.63, 3.8) is 0 Å². The van der Waals surface area contributed by atoms with Crippen LogP contribution >= 0.6 is 27.3 Å². The second kappa shape index (κ2) is 5.79. The fourth-order valence-electron chi connectivity index (χ4n) is 1.56. The Morgan fingerprint density at radius 2 is 2.26 bits per heavy atom. The predicted octanol–water partition coefficient (Wildman–Crippen LogP) is 4.20. The molecule has 0 bridgehead atoms. The number of ether oxygens (including phenoxy) is 1. The van der Waals surface area contributed by atoms with Gasteiger partial charge in [-0.1, -0.05) is 15.9 Å². The number of rotatable bonds is 3. The van der Waals surface area contributed by atoms with Crippen molar-refractivity contribution in [1.82, 2.24) is 4.98 Å². The molecule has 3 nitrogen and oxygen atoms in total. The number of hydrogen-bond donors (Lipinski definition) is 0. The van der Waals surface area contributed by atoms with E-state index in [9.17, 15) is 9.18 Å². The number of thiazole rings is 1. The molecule has 0 saturated carbocycles. The van der Waals surface area contributed by atoms with Crippen molar-refractivity contribution in [3.05, 3.63) is 39.1 Å². The SMILES string of the molecule is CCOC(=O)c1nc(-c2cc(Br)ccc2F)sc1C. The van der Waals surface area contributed by atoms with E-state index in [1.807, 2.05) is 0 Å². The van der Waals surface area contributed by atoms with E-state index in [0.29, 0.717) is 15.4 Å².